The summed E-state index contributed by atoms with van der Waals surface area (Å²) in [6.45, 7) is 6.21. The Morgan fingerprint density at radius 1 is 0.518 bits per heavy atom. The van der Waals surface area contributed by atoms with Crippen molar-refractivity contribution in [3.8, 4) is 0 Å². The Bertz CT molecular complexity index is 2270. The molecule has 1 rings (SSSR count). The number of unbranched alkanes of at least 4 members (excludes halogenated alkanes) is 14. The van der Waals surface area contributed by atoms with Crippen LogP contribution in [0.5, 0.6) is 0 Å². The average Bonchev–Trinajstić information content (AvgIpc) is 3.53. The molecule has 1 aromatic rings. The van der Waals surface area contributed by atoms with Gasteiger partial charge in [0.2, 0.25) is 39.6 Å². The van der Waals surface area contributed by atoms with Gasteiger partial charge >= 0.3 is 17.9 Å². The molecule has 10 N–H and O–H groups in total. The van der Waals surface area contributed by atoms with E-state index < -0.39 is 63.7 Å². The molecule has 0 fully saturated rings. The molecule has 1 aromatic carbocycles. The van der Waals surface area contributed by atoms with E-state index in [-0.39, 0.29) is 132 Å². The topological polar surface area (TPSA) is 387 Å². The van der Waals surface area contributed by atoms with Crippen LogP contribution < -0.4 is 31.7 Å². The number of hydrogen-bond acceptors (Lipinski definition) is 15. The molecule has 3 unspecified atom stereocenters. The fraction of sp³-hybridized carbons (Fsp3) is 0.717. The molecular formula is C60H100N6O18S. The van der Waals surface area contributed by atoms with Gasteiger partial charge in [-0.3, -0.25) is 52.7 Å². The monoisotopic (exact) mass is 1220 g/mol. The minimum Gasteiger partial charge on any atom is -0.481 e. The van der Waals surface area contributed by atoms with Crippen molar-refractivity contribution in [3.63, 3.8) is 0 Å². The van der Waals surface area contributed by atoms with E-state index in [1.807, 2.05) is 26.0 Å². The number of nitrogens with one attached hydrogen (secondary N) is 5. The van der Waals surface area contributed by atoms with E-state index in [0.717, 1.165) is 50.5 Å². The van der Waals surface area contributed by atoms with Gasteiger partial charge in [0.15, 0.2) is 0 Å². The first-order valence-corrected chi connectivity index (χ1v) is 32.0. The standard InChI is InChI=1S/C30H46N4O9.C30H54N2O9S/c1-3-7-26(36)34-25(30(40)41)15-14-23(35)8-6-17-42-18-19-43-20-27(37)33-24(28(31)38)9-4-5-16-32-29(39)22-12-10-21(2)11-13-22;1-25(30(38)39)24-26(33)18-16-22-31-27(34)20-17-23-42(40,41)32-28(35)19-14-12-10-8-6-4-2-3-5-7-9-11-13-15-21-29(36)37/h10-13,24-25H,3-9,14-20H2,1-2H3,(H2,31,38)(H,32,39)(H,33,37)(H,34,36)(H,40,41);25H,2-24H2,1H3,(H,31,34)(H,32,35)(H,36,37)(H,38,39). The van der Waals surface area contributed by atoms with Crippen LogP contribution in [0.4, 0.5) is 0 Å². The second kappa shape index (κ2) is 49.9. The summed E-state index contributed by atoms with van der Waals surface area (Å²) >= 11 is 0. The number of aliphatic carboxylic acids is 3. The van der Waals surface area contributed by atoms with E-state index in [1.165, 1.54) is 45.4 Å². The van der Waals surface area contributed by atoms with Crippen molar-refractivity contribution in [2.75, 3.05) is 45.3 Å². The number of aryl methyl sites for hydroxylation is 1. The summed E-state index contributed by atoms with van der Waals surface area (Å²) < 4.78 is 37.0. The molecule has 24 nitrogen and oxygen atoms in total. The fourth-order valence-electron chi connectivity index (χ4n) is 8.46. The molecule has 0 aliphatic rings. The summed E-state index contributed by atoms with van der Waals surface area (Å²) in [6, 6.07) is 5.29. The molecule has 484 valence electrons. The lowest BCUT2D eigenvalue weighted by molar-refractivity contribution is -0.143. The maximum atomic E-state index is 12.1. The van der Waals surface area contributed by atoms with Crippen LogP contribution in [0.1, 0.15) is 222 Å². The third-order valence-electron chi connectivity index (χ3n) is 13.4. The van der Waals surface area contributed by atoms with E-state index in [9.17, 15) is 66.3 Å². The van der Waals surface area contributed by atoms with Gasteiger partial charge in [-0.15, -0.1) is 0 Å². The van der Waals surface area contributed by atoms with E-state index in [1.54, 1.807) is 12.1 Å². The number of carboxylic acid groups (broad SMARTS) is 3. The lowest BCUT2D eigenvalue weighted by Crippen LogP contribution is -2.45. The zero-order valence-corrected chi connectivity index (χ0v) is 51.5. The molecule has 0 radical (unpaired) electrons. The number of carbonyl (C=O) groups excluding carboxylic acids is 8. The van der Waals surface area contributed by atoms with Crippen molar-refractivity contribution in [3.05, 3.63) is 35.4 Å². The molecule has 0 aliphatic carbocycles. The van der Waals surface area contributed by atoms with Crippen LogP contribution >= 0.6 is 0 Å². The minimum atomic E-state index is -3.80. The molecule has 0 aliphatic heterocycles. The highest BCUT2D eigenvalue weighted by molar-refractivity contribution is 7.90. The van der Waals surface area contributed by atoms with Gasteiger partial charge in [0, 0.05) is 76.6 Å². The first-order valence-electron chi connectivity index (χ1n) is 30.3. The Morgan fingerprint density at radius 3 is 1.62 bits per heavy atom. The SMILES string of the molecule is CC(CC(=O)CCCNC(=O)CCCS(=O)(=O)NC(=O)CCCCCCCCCCCCCCCCC(=O)O)C(=O)O.CCCC(=O)NC(CCC(=O)CCCOCCOCC(=O)NC(CCCCNC(=O)c1ccc(C)cc1)C(N)=O)C(=O)O. The van der Waals surface area contributed by atoms with Gasteiger partial charge in [-0.2, -0.15) is 0 Å². The summed E-state index contributed by atoms with van der Waals surface area (Å²) in [4.78, 5) is 128. The van der Waals surface area contributed by atoms with Crippen LogP contribution in [0.25, 0.3) is 0 Å². The number of nitrogens with two attached hydrogens (primary N) is 1. The third kappa shape index (κ3) is 47.6. The lowest BCUT2D eigenvalue weighted by Gasteiger charge is -2.15. The zero-order valence-electron chi connectivity index (χ0n) is 50.7. The first-order chi connectivity index (χ1) is 40.5. The number of amides is 6. The van der Waals surface area contributed by atoms with Crippen LogP contribution in [0, 0.1) is 12.8 Å². The van der Waals surface area contributed by atoms with E-state index in [2.05, 4.69) is 26.0 Å². The molecule has 0 heterocycles. The molecule has 6 amide bonds. The quantitative estimate of drug-likeness (QED) is 0.0314. The molecule has 0 bridgehead atoms. The second-order valence-corrected chi connectivity index (χ2v) is 23.3. The van der Waals surface area contributed by atoms with E-state index in [4.69, 9.17) is 25.4 Å². The van der Waals surface area contributed by atoms with Gasteiger partial charge in [0.05, 0.1) is 24.9 Å². The summed E-state index contributed by atoms with van der Waals surface area (Å²) in [5.74, 6) is -6.82. The third-order valence-corrected chi connectivity index (χ3v) is 14.8. The fourth-order valence-corrected chi connectivity index (χ4v) is 9.53. The van der Waals surface area contributed by atoms with E-state index in [0.29, 0.717) is 57.1 Å². The summed E-state index contributed by atoms with van der Waals surface area (Å²) in [5, 5.41) is 37.0. The number of carboxylic acids is 3. The Hall–Kier alpha value is -6.34. The normalized spacial score (nSPS) is 12.1. The highest BCUT2D eigenvalue weighted by Gasteiger charge is 2.22. The van der Waals surface area contributed by atoms with Crippen LogP contribution in [0.15, 0.2) is 24.3 Å². The summed E-state index contributed by atoms with van der Waals surface area (Å²) in [7, 11) is -3.80. The molecule has 85 heavy (non-hydrogen) atoms. The van der Waals surface area contributed by atoms with Crippen molar-refractivity contribution in [2.24, 2.45) is 11.7 Å². The van der Waals surface area contributed by atoms with Crippen LogP contribution in [-0.4, -0.2) is 146 Å². The smallest absolute Gasteiger partial charge is 0.326 e. The van der Waals surface area contributed by atoms with Gasteiger partial charge in [-0.1, -0.05) is 109 Å². The highest BCUT2D eigenvalue weighted by Crippen LogP contribution is 2.15. The number of Topliss-reactive ketones (excluding diaryl/α,β-unsaturated/α-hetero) is 2. The molecule has 0 saturated heterocycles. The van der Waals surface area contributed by atoms with Gasteiger partial charge < -0.3 is 51.8 Å². The molecule has 0 saturated carbocycles. The number of rotatable bonds is 53. The number of ether oxygens (including phenoxy) is 2. The Balaban J connectivity index is 0.00000166. The number of carbonyl (C=O) groups is 11. The summed E-state index contributed by atoms with van der Waals surface area (Å²) in [5.41, 5.74) is 7.04. The molecular weight excluding hydrogens is 1120 g/mol. The van der Waals surface area contributed by atoms with Gasteiger partial charge in [-0.25, -0.2) is 13.2 Å². The highest BCUT2D eigenvalue weighted by atomic mass is 32.2. The summed E-state index contributed by atoms with van der Waals surface area (Å²) in [6.07, 6.45) is 19.0. The molecule has 3 atom stereocenters. The maximum Gasteiger partial charge on any atom is 0.326 e. The van der Waals surface area contributed by atoms with Crippen molar-refractivity contribution >= 4 is 74.9 Å². The maximum absolute atomic E-state index is 12.1. The van der Waals surface area contributed by atoms with Crippen molar-refractivity contribution < 1.29 is 86.0 Å². The number of ketones is 2. The van der Waals surface area contributed by atoms with Crippen LogP contribution in [0.3, 0.4) is 0 Å². The van der Waals surface area contributed by atoms with Crippen molar-refractivity contribution in [1.82, 2.24) is 26.0 Å². The van der Waals surface area contributed by atoms with Crippen LogP contribution in [-0.2, 0) is 67.4 Å². The average molecular weight is 1230 g/mol. The van der Waals surface area contributed by atoms with Crippen molar-refractivity contribution in [1.29, 1.82) is 0 Å². The number of sulfonamides is 1. The minimum absolute atomic E-state index is 0.0186. The second-order valence-electron chi connectivity index (χ2n) is 21.4. The Morgan fingerprint density at radius 2 is 1.06 bits per heavy atom. The predicted molar refractivity (Wildman–Crippen MR) is 319 cm³/mol. The van der Waals surface area contributed by atoms with Gasteiger partial charge in [0.25, 0.3) is 5.91 Å². The zero-order chi connectivity index (χ0) is 63.7. The molecule has 25 heteroatoms. The number of primary amides is 1. The predicted octanol–water partition coefficient (Wildman–Crippen LogP) is 6.51. The Labute approximate surface area is 502 Å². The van der Waals surface area contributed by atoms with Gasteiger partial charge in [0.1, 0.15) is 30.3 Å². The van der Waals surface area contributed by atoms with Crippen LogP contribution in [0.2, 0.25) is 0 Å². The van der Waals surface area contributed by atoms with Crippen molar-refractivity contribution in [2.45, 2.75) is 225 Å². The Kier molecular flexibility index (Phi) is 46.2. The van der Waals surface area contributed by atoms with E-state index >= 15 is 0 Å². The molecule has 0 spiro atoms. The molecule has 0 aromatic heterocycles. The van der Waals surface area contributed by atoms with Gasteiger partial charge in [-0.05, 0) is 83.3 Å². The first kappa shape index (κ1) is 78.7. The largest absolute Gasteiger partial charge is 0.481 e. The lowest BCUT2D eigenvalue weighted by atomic mass is 10.0. The number of benzene rings is 1. The number of hydrogen-bond donors (Lipinski definition) is 9.